The Labute approximate surface area is 86.6 Å². The minimum absolute atomic E-state index is 0.225. The fourth-order valence-electron chi connectivity index (χ4n) is 0.743. The van der Waals surface area contributed by atoms with Gasteiger partial charge in [0.2, 0.25) is 0 Å². The molecule has 0 amide bonds. The van der Waals surface area contributed by atoms with Crippen molar-refractivity contribution < 1.29 is 19.4 Å². The van der Waals surface area contributed by atoms with E-state index in [1.54, 1.807) is 22.6 Å². The van der Waals surface area contributed by atoms with Gasteiger partial charge in [-0.05, 0) is 28.7 Å². The van der Waals surface area contributed by atoms with Crippen LogP contribution in [0.3, 0.4) is 0 Å². The lowest BCUT2D eigenvalue weighted by atomic mass is 10.2. The van der Waals surface area contributed by atoms with Crippen LogP contribution < -0.4 is 0 Å². The Bertz CT molecular complexity index is 345. The number of pyridine rings is 1. The Morgan fingerprint density at radius 3 is 2.85 bits per heavy atom. The number of aliphatic carboxylic acids is 1. The molecule has 0 bridgehead atoms. The Morgan fingerprint density at radius 2 is 2.31 bits per heavy atom. The van der Waals surface area contributed by atoms with Gasteiger partial charge in [0.15, 0.2) is 11.9 Å². The molecule has 0 saturated heterocycles. The number of aliphatic hydroxyl groups excluding tert-OH is 1. The van der Waals surface area contributed by atoms with Gasteiger partial charge < -0.3 is 10.2 Å². The molecule has 2 N–H and O–H groups in total. The molecule has 0 fully saturated rings. The van der Waals surface area contributed by atoms with Gasteiger partial charge in [0, 0.05) is 6.20 Å². The van der Waals surface area contributed by atoms with Crippen LogP contribution in [0.25, 0.3) is 0 Å². The van der Waals surface area contributed by atoms with Gasteiger partial charge in [-0.15, -0.1) is 0 Å². The van der Waals surface area contributed by atoms with Crippen LogP contribution in [0, 0.1) is 9.39 Å². The minimum atomic E-state index is -1.91. The highest BCUT2D eigenvalue weighted by molar-refractivity contribution is 14.1. The number of rotatable bonds is 2. The van der Waals surface area contributed by atoms with E-state index in [2.05, 4.69) is 4.98 Å². The van der Waals surface area contributed by atoms with E-state index in [0.717, 1.165) is 0 Å². The standard InChI is InChI=1S/C7H5FINO3/c8-4-3(9)1-2-10-5(4)6(11)7(12)13/h1-2,6,11H,(H,12,13). The third-order valence-corrected chi connectivity index (χ3v) is 2.20. The molecule has 0 aliphatic carbocycles. The van der Waals surface area contributed by atoms with Gasteiger partial charge in [0.1, 0.15) is 5.69 Å². The highest BCUT2D eigenvalue weighted by Crippen LogP contribution is 2.18. The molecule has 0 aliphatic heterocycles. The van der Waals surface area contributed by atoms with Crippen LogP contribution in [0.2, 0.25) is 0 Å². The first-order valence-corrected chi connectivity index (χ1v) is 4.32. The van der Waals surface area contributed by atoms with Gasteiger partial charge in [-0.25, -0.2) is 9.18 Å². The molecule has 70 valence electrons. The van der Waals surface area contributed by atoms with Crippen molar-refractivity contribution in [2.75, 3.05) is 0 Å². The smallest absolute Gasteiger partial charge is 0.338 e. The van der Waals surface area contributed by atoms with Crippen LogP contribution in [0.15, 0.2) is 12.3 Å². The lowest BCUT2D eigenvalue weighted by Crippen LogP contribution is -2.14. The summed E-state index contributed by atoms with van der Waals surface area (Å²) in [4.78, 5) is 13.8. The van der Waals surface area contributed by atoms with Crippen molar-refractivity contribution in [3.63, 3.8) is 0 Å². The molecule has 0 aromatic carbocycles. The van der Waals surface area contributed by atoms with E-state index in [1.165, 1.54) is 12.3 Å². The number of carbonyl (C=O) groups is 1. The molecular weight excluding hydrogens is 292 g/mol. The fraction of sp³-hybridized carbons (Fsp3) is 0.143. The summed E-state index contributed by atoms with van der Waals surface area (Å²) < 4.78 is 13.3. The lowest BCUT2D eigenvalue weighted by molar-refractivity contribution is -0.147. The highest BCUT2D eigenvalue weighted by Gasteiger charge is 2.22. The fourth-order valence-corrected chi connectivity index (χ4v) is 1.18. The summed E-state index contributed by atoms with van der Waals surface area (Å²) in [6.07, 6.45) is -0.665. The number of nitrogens with zero attached hydrogens (tertiary/aromatic N) is 1. The summed E-state index contributed by atoms with van der Waals surface area (Å²) in [6.45, 7) is 0. The summed E-state index contributed by atoms with van der Waals surface area (Å²) in [5, 5.41) is 17.4. The minimum Gasteiger partial charge on any atom is -0.479 e. The van der Waals surface area contributed by atoms with Crippen molar-refractivity contribution in [3.05, 3.63) is 27.3 Å². The van der Waals surface area contributed by atoms with Crippen molar-refractivity contribution >= 4 is 28.6 Å². The molecule has 4 nitrogen and oxygen atoms in total. The number of carboxylic acids is 1. The van der Waals surface area contributed by atoms with Crippen molar-refractivity contribution in [1.82, 2.24) is 4.98 Å². The molecule has 1 aromatic rings. The maximum atomic E-state index is 13.1. The molecule has 1 atom stereocenters. The molecule has 13 heavy (non-hydrogen) atoms. The summed E-state index contributed by atoms with van der Waals surface area (Å²) >= 11 is 1.69. The molecule has 0 spiro atoms. The van der Waals surface area contributed by atoms with Crippen LogP contribution in [0.4, 0.5) is 4.39 Å². The largest absolute Gasteiger partial charge is 0.479 e. The normalized spacial score (nSPS) is 12.5. The first-order valence-electron chi connectivity index (χ1n) is 3.25. The second kappa shape index (κ2) is 3.97. The van der Waals surface area contributed by atoms with E-state index in [1.807, 2.05) is 0 Å². The Balaban J connectivity index is 3.15. The molecule has 1 rings (SSSR count). The molecule has 6 heteroatoms. The molecule has 1 aromatic heterocycles. The predicted octanol–water partition coefficient (Wildman–Crippen LogP) is 0.943. The van der Waals surface area contributed by atoms with E-state index in [4.69, 9.17) is 10.2 Å². The summed E-state index contributed by atoms with van der Waals surface area (Å²) in [7, 11) is 0. The molecule has 0 saturated carbocycles. The first-order chi connectivity index (χ1) is 6.04. The lowest BCUT2D eigenvalue weighted by Gasteiger charge is -2.06. The van der Waals surface area contributed by atoms with E-state index in [-0.39, 0.29) is 3.57 Å². The van der Waals surface area contributed by atoms with E-state index in [9.17, 15) is 9.18 Å². The van der Waals surface area contributed by atoms with E-state index < -0.39 is 23.6 Å². The van der Waals surface area contributed by atoms with Gasteiger partial charge in [0.25, 0.3) is 0 Å². The number of halogens is 2. The molecule has 1 heterocycles. The van der Waals surface area contributed by atoms with Crippen LogP contribution >= 0.6 is 22.6 Å². The summed E-state index contributed by atoms with van der Waals surface area (Å²) in [5.74, 6) is -2.31. The average molecular weight is 297 g/mol. The molecular formula is C7H5FINO3. The third-order valence-electron chi connectivity index (χ3n) is 1.36. The summed E-state index contributed by atoms with van der Waals surface area (Å²) in [5.41, 5.74) is -0.459. The van der Waals surface area contributed by atoms with Crippen molar-refractivity contribution in [2.45, 2.75) is 6.10 Å². The van der Waals surface area contributed by atoms with Crippen LogP contribution in [0.5, 0.6) is 0 Å². The number of hydrogen-bond acceptors (Lipinski definition) is 3. The topological polar surface area (TPSA) is 70.4 Å². The maximum Gasteiger partial charge on any atom is 0.338 e. The van der Waals surface area contributed by atoms with Gasteiger partial charge in [-0.3, -0.25) is 4.98 Å². The molecule has 0 aliphatic rings. The van der Waals surface area contributed by atoms with Gasteiger partial charge >= 0.3 is 5.97 Å². The Morgan fingerprint density at radius 1 is 1.69 bits per heavy atom. The second-order valence-corrected chi connectivity index (χ2v) is 3.39. The van der Waals surface area contributed by atoms with Crippen LogP contribution in [-0.2, 0) is 4.79 Å². The zero-order chi connectivity index (χ0) is 10.0. The molecule has 1 unspecified atom stereocenters. The summed E-state index contributed by atoms with van der Waals surface area (Å²) in [6, 6.07) is 1.38. The number of aromatic nitrogens is 1. The number of carboxylic acid groups (broad SMARTS) is 1. The molecule has 0 radical (unpaired) electrons. The van der Waals surface area contributed by atoms with E-state index in [0.29, 0.717) is 0 Å². The quantitative estimate of drug-likeness (QED) is 0.797. The average Bonchev–Trinajstić information content (AvgIpc) is 2.08. The maximum absolute atomic E-state index is 13.1. The van der Waals surface area contributed by atoms with Crippen molar-refractivity contribution in [1.29, 1.82) is 0 Å². The van der Waals surface area contributed by atoms with Gasteiger partial charge in [0.05, 0.1) is 3.57 Å². The number of hydrogen-bond donors (Lipinski definition) is 2. The van der Waals surface area contributed by atoms with Gasteiger partial charge in [-0.1, -0.05) is 0 Å². The zero-order valence-corrected chi connectivity index (χ0v) is 8.40. The third kappa shape index (κ3) is 2.13. The van der Waals surface area contributed by atoms with Gasteiger partial charge in [-0.2, -0.15) is 0 Å². The highest BCUT2D eigenvalue weighted by atomic mass is 127. The van der Waals surface area contributed by atoms with Crippen LogP contribution in [0.1, 0.15) is 11.8 Å². The Hall–Kier alpha value is -0.760. The first kappa shape index (κ1) is 10.3. The van der Waals surface area contributed by atoms with Crippen molar-refractivity contribution in [2.24, 2.45) is 0 Å². The Kier molecular flexibility index (Phi) is 3.15. The number of aliphatic hydroxyl groups is 1. The second-order valence-electron chi connectivity index (χ2n) is 2.23. The monoisotopic (exact) mass is 297 g/mol. The van der Waals surface area contributed by atoms with E-state index >= 15 is 0 Å². The predicted molar refractivity (Wildman–Crippen MR) is 49.5 cm³/mol. The van der Waals surface area contributed by atoms with Crippen LogP contribution in [-0.4, -0.2) is 21.2 Å². The zero-order valence-electron chi connectivity index (χ0n) is 6.24. The SMILES string of the molecule is O=C(O)C(O)c1nccc(I)c1F. The van der Waals surface area contributed by atoms with Crippen molar-refractivity contribution in [3.8, 4) is 0 Å².